The van der Waals surface area contributed by atoms with E-state index in [2.05, 4.69) is 22.5 Å². The number of hydrogen-bond acceptors (Lipinski definition) is 4. The van der Waals surface area contributed by atoms with E-state index in [0.717, 1.165) is 31.3 Å². The van der Waals surface area contributed by atoms with Crippen LogP contribution in [0.3, 0.4) is 0 Å². The van der Waals surface area contributed by atoms with Crippen LogP contribution in [0.15, 0.2) is 16.4 Å². The van der Waals surface area contributed by atoms with E-state index in [-0.39, 0.29) is 12.5 Å². The Labute approximate surface area is 132 Å². The molecule has 0 radical (unpaired) electrons. The van der Waals surface area contributed by atoms with Crippen molar-refractivity contribution in [2.24, 2.45) is 10.9 Å². The van der Waals surface area contributed by atoms with E-state index in [0.29, 0.717) is 16.7 Å². The van der Waals surface area contributed by atoms with Crippen LogP contribution in [0.2, 0.25) is 0 Å². The second-order valence-corrected chi connectivity index (χ2v) is 5.31. The molecule has 0 aromatic rings. The minimum atomic E-state index is -0.172. The highest BCUT2D eigenvalue weighted by Crippen LogP contribution is 2.12. The molecule has 0 saturated carbocycles. The van der Waals surface area contributed by atoms with Gasteiger partial charge in [-0.15, -0.1) is 0 Å². The van der Waals surface area contributed by atoms with Crippen LogP contribution in [0.4, 0.5) is 0 Å². The van der Waals surface area contributed by atoms with Gasteiger partial charge >= 0.3 is 0 Å². The fourth-order valence-electron chi connectivity index (χ4n) is 1.77. The predicted octanol–water partition coefficient (Wildman–Crippen LogP) is 2.16. The summed E-state index contributed by atoms with van der Waals surface area (Å²) in [6.45, 7) is 5.60. The molecule has 0 aromatic heterocycles. The number of likely N-dealkylation sites (N-methyl/N-ethyl adjacent to an activating group) is 1. The topological polar surface area (TPSA) is 73.7 Å². The van der Waals surface area contributed by atoms with Gasteiger partial charge in [-0.05, 0) is 32.1 Å². The summed E-state index contributed by atoms with van der Waals surface area (Å²) in [6, 6.07) is 0. The number of carbonyl (C=O) groups is 1. The van der Waals surface area contributed by atoms with E-state index < -0.39 is 0 Å². The SMILES string of the molecule is CCC(C=N/C(NC(C)=O)=C(\C)C(=S)NC)CCCCO. The monoisotopic (exact) mass is 313 g/mol. The van der Waals surface area contributed by atoms with Crippen molar-refractivity contribution in [1.82, 2.24) is 10.6 Å². The van der Waals surface area contributed by atoms with Crippen LogP contribution in [-0.2, 0) is 4.79 Å². The first-order chi connectivity index (χ1) is 9.96. The first kappa shape index (κ1) is 19.7. The molecule has 0 spiro atoms. The van der Waals surface area contributed by atoms with Gasteiger partial charge in [0, 0.05) is 32.4 Å². The van der Waals surface area contributed by atoms with Crippen molar-refractivity contribution in [2.75, 3.05) is 13.7 Å². The summed E-state index contributed by atoms with van der Waals surface area (Å²) in [7, 11) is 1.74. The van der Waals surface area contributed by atoms with E-state index in [4.69, 9.17) is 17.3 Å². The van der Waals surface area contributed by atoms with Gasteiger partial charge in [-0.3, -0.25) is 4.79 Å². The summed E-state index contributed by atoms with van der Waals surface area (Å²) >= 11 is 5.18. The van der Waals surface area contributed by atoms with Gasteiger partial charge in [0.25, 0.3) is 0 Å². The van der Waals surface area contributed by atoms with Crippen molar-refractivity contribution in [3.05, 3.63) is 11.4 Å². The molecule has 5 nitrogen and oxygen atoms in total. The van der Waals surface area contributed by atoms with Gasteiger partial charge in [0.2, 0.25) is 5.91 Å². The fraction of sp³-hybridized carbons (Fsp3) is 0.667. The standard InChI is InChI=1S/C15H27N3O2S/c1-5-13(8-6-7-9-19)10-17-14(18-12(3)20)11(2)15(21)16-4/h10,13,19H,5-9H2,1-4H3,(H,16,21)(H,18,20)/b14-11-,17-10?. The lowest BCUT2D eigenvalue weighted by Crippen LogP contribution is -2.25. The number of carbonyl (C=O) groups excluding carboxylic acids is 1. The Kier molecular flexibility index (Phi) is 10.7. The minimum Gasteiger partial charge on any atom is -0.396 e. The molecule has 0 heterocycles. The number of thiocarbonyl (C=S) groups is 1. The van der Waals surface area contributed by atoms with Crippen molar-refractivity contribution >= 4 is 29.3 Å². The first-order valence-corrected chi connectivity index (χ1v) is 7.72. The second kappa shape index (κ2) is 11.4. The van der Waals surface area contributed by atoms with Crippen molar-refractivity contribution in [3.8, 4) is 0 Å². The Morgan fingerprint density at radius 3 is 2.52 bits per heavy atom. The Hall–Kier alpha value is -1.27. The third kappa shape index (κ3) is 8.57. The Bertz CT molecular complexity index is 406. The zero-order valence-electron chi connectivity index (χ0n) is 13.4. The summed E-state index contributed by atoms with van der Waals surface area (Å²) in [5.74, 6) is 0.646. The molecule has 0 rings (SSSR count). The first-order valence-electron chi connectivity index (χ1n) is 7.31. The molecule has 0 aromatic carbocycles. The van der Waals surface area contributed by atoms with E-state index in [1.165, 1.54) is 6.92 Å². The average molecular weight is 313 g/mol. The Morgan fingerprint density at radius 2 is 2.05 bits per heavy atom. The minimum absolute atomic E-state index is 0.172. The summed E-state index contributed by atoms with van der Waals surface area (Å²) in [5.41, 5.74) is 0.740. The van der Waals surface area contributed by atoms with Gasteiger partial charge in [-0.2, -0.15) is 0 Å². The quantitative estimate of drug-likeness (QED) is 0.264. The molecule has 0 saturated heterocycles. The van der Waals surface area contributed by atoms with Gasteiger partial charge in [0.15, 0.2) is 0 Å². The van der Waals surface area contributed by atoms with Crippen LogP contribution in [0, 0.1) is 5.92 Å². The largest absolute Gasteiger partial charge is 0.396 e. The lowest BCUT2D eigenvalue weighted by Gasteiger charge is -2.12. The number of aliphatic hydroxyl groups is 1. The van der Waals surface area contributed by atoms with Gasteiger partial charge in [-0.1, -0.05) is 25.6 Å². The molecule has 21 heavy (non-hydrogen) atoms. The molecule has 1 atom stereocenters. The third-order valence-electron chi connectivity index (χ3n) is 3.14. The van der Waals surface area contributed by atoms with E-state index in [1.54, 1.807) is 7.05 Å². The molecule has 1 unspecified atom stereocenters. The maximum absolute atomic E-state index is 11.3. The van der Waals surface area contributed by atoms with Crippen molar-refractivity contribution in [2.45, 2.75) is 46.5 Å². The van der Waals surface area contributed by atoms with E-state index >= 15 is 0 Å². The van der Waals surface area contributed by atoms with Crippen LogP contribution < -0.4 is 10.6 Å². The third-order valence-corrected chi connectivity index (χ3v) is 3.65. The molecular formula is C15H27N3O2S. The van der Waals surface area contributed by atoms with Crippen LogP contribution in [0.25, 0.3) is 0 Å². The number of rotatable bonds is 9. The molecular weight excluding hydrogens is 286 g/mol. The predicted molar refractivity (Wildman–Crippen MR) is 91.4 cm³/mol. The van der Waals surface area contributed by atoms with E-state index in [9.17, 15) is 4.79 Å². The number of amides is 1. The van der Waals surface area contributed by atoms with Crippen LogP contribution in [-0.4, -0.2) is 35.9 Å². The lowest BCUT2D eigenvalue weighted by atomic mass is 10.0. The van der Waals surface area contributed by atoms with Crippen molar-refractivity contribution in [1.29, 1.82) is 0 Å². The molecule has 0 aliphatic rings. The number of nitrogens with zero attached hydrogens (tertiary/aromatic N) is 1. The fourth-order valence-corrected chi connectivity index (χ4v) is 1.86. The second-order valence-electron chi connectivity index (χ2n) is 4.90. The number of hydrogen-bond donors (Lipinski definition) is 3. The smallest absolute Gasteiger partial charge is 0.222 e. The Balaban J connectivity index is 4.97. The van der Waals surface area contributed by atoms with Crippen LogP contribution >= 0.6 is 12.2 Å². The highest BCUT2D eigenvalue weighted by molar-refractivity contribution is 7.80. The maximum Gasteiger partial charge on any atom is 0.222 e. The molecule has 0 aliphatic carbocycles. The zero-order valence-corrected chi connectivity index (χ0v) is 14.2. The van der Waals surface area contributed by atoms with Gasteiger partial charge in [0.1, 0.15) is 10.8 Å². The molecule has 0 aliphatic heterocycles. The number of aliphatic hydroxyl groups excluding tert-OH is 1. The highest BCUT2D eigenvalue weighted by atomic mass is 32.1. The average Bonchev–Trinajstić information content (AvgIpc) is 2.47. The van der Waals surface area contributed by atoms with Crippen LogP contribution in [0.5, 0.6) is 0 Å². The zero-order chi connectivity index (χ0) is 16.3. The summed E-state index contributed by atoms with van der Waals surface area (Å²) in [4.78, 5) is 16.3. The molecule has 6 heteroatoms. The number of nitrogens with one attached hydrogen (secondary N) is 2. The highest BCUT2D eigenvalue weighted by Gasteiger charge is 2.08. The molecule has 0 fully saturated rings. The van der Waals surface area contributed by atoms with Crippen LogP contribution in [0.1, 0.15) is 46.5 Å². The molecule has 1 amide bonds. The molecule has 3 N–H and O–H groups in total. The molecule has 120 valence electrons. The van der Waals surface area contributed by atoms with Gasteiger partial charge < -0.3 is 15.7 Å². The van der Waals surface area contributed by atoms with Crippen molar-refractivity contribution in [3.63, 3.8) is 0 Å². The normalized spacial score (nSPS) is 13.8. The maximum atomic E-state index is 11.3. The van der Waals surface area contributed by atoms with Gasteiger partial charge in [-0.25, -0.2) is 4.99 Å². The summed E-state index contributed by atoms with van der Waals surface area (Å²) in [6.07, 6.45) is 5.58. The van der Waals surface area contributed by atoms with E-state index in [1.807, 2.05) is 13.1 Å². The Morgan fingerprint density at radius 1 is 1.38 bits per heavy atom. The summed E-state index contributed by atoms with van der Waals surface area (Å²) < 4.78 is 0. The number of aliphatic imine (C=N–C) groups is 1. The molecule has 0 bridgehead atoms. The van der Waals surface area contributed by atoms with Crippen molar-refractivity contribution < 1.29 is 9.90 Å². The number of unbranched alkanes of at least 4 members (excludes halogenated alkanes) is 1. The summed E-state index contributed by atoms with van der Waals surface area (Å²) in [5, 5.41) is 14.4. The van der Waals surface area contributed by atoms with Gasteiger partial charge in [0.05, 0.1) is 0 Å². The lowest BCUT2D eigenvalue weighted by molar-refractivity contribution is -0.118.